The Morgan fingerprint density at radius 2 is 1.93 bits per heavy atom. The van der Waals surface area contributed by atoms with Gasteiger partial charge in [-0.2, -0.15) is 13.2 Å². The predicted molar refractivity (Wildman–Crippen MR) is 99.5 cm³/mol. The molecule has 0 saturated carbocycles. The maximum absolute atomic E-state index is 12.9. The number of carbonyl (C=O) groups excluding carboxylic acids is 1. The minimum atomic E-state index is -4.64. The molecule has 0 bridgehead atoms. The van der Waals surface area contributed by atoms with Gasteiger partial charge in [-0.25, -0.2) is 4.98 Å². The van der Waals surface area contributed by atoms with Gasteiger partial charge >= 0.3 is 6.18 Å². The molecule has 1 amide bonds. The van der Waals surface area contributed by atoms with Crippen LogP contribution in [-0.4, -0.2) is 28.1 Å². The van der Waals surface area contributed by atoms with E-state index in [1.54, 1.807) is 13.8 Å². The van der Waals surface area contributed by atoms with Crippen LogP contribution in [0.5, 0.6) is 11.6 Å². The Kier molecular flexibility index (Phi) is 7.80. The third-order valence-electron chi connectivity index (χ3n) is 3.39. The van der Waals surface area contributed by atoms with E-state index in [9.17, 15) is 23.1 Å². The largest absolute Gasteiger partial charge is 0.439 e. The lowest BCUT2D eigenvalue weighted by molar-refractivity contribution is -0.141. The number of rotatable bonds is 6. The maximum atomic E-state index is 12.9. The molecule has 10 heteroatoms. The van der Waals surface area contributed by atoms with Crippen molar-refractivity contribution in [2.45, 2.75) is 32.2 Å². The number of nitrogens with one attached hydrogen (secondary N) is 1. The Morgan fingerprint density at radius 3 is 2.50 bits per heavy atom. The van der Waals surface area contributed by atoms with Crippen molar-refractivity contribution >= 4 is 18.3 Å². The molecule has 6 nitrogen and oxygen atoms in total. The van der Waals surface area contributed by atoms with Gasteiger partial charge in [-0.05, 0) is 43.7 Å². The summed E-state index contributed by atoms with van der Waals surface area (Å²) in [7, 11) is 0. The molecule has 154 valence electrons. The lowest BCUT2D eigenvalue weighted by Crippen LogP contribution is -2.38. The molecular weight excluding hydrogens is 399 g/mol. The second-order valence-corrected chi connectivity index (χ2v) is 6.53. The van der Waals surface area contributed by atoms with Gasteiger partial charge in [0.25, 0.3) is 5.91 Å². The number of aromatic nitrogens is 1. The van der Waals surface area contributed by atoms with Crippen molar-refractivity contribution in [1.82, 2.24) is 10.3 Å². The molecule has 0 fully saturated rings. The van der Waals surface area contributed by atoms with Gasteiger partial charge in [0.15, 0.2) is 0 Å². The van der Waals surface area contributed by atoms with Crippen LogP contribution in [0.25, 0.3) is 0 Å². The first-order valence-electron chi connectivity index (χ1n) is 8.05. The molecule has 0 aliphatic carbocycles. The quantitative estimate of drug-likeness (QED) is 0.667. The number of carbonyl (C=O) groups is 1. The number of nitrogens with zero attached hydrogens (tertiary/aromatic N) is 1. The first-order chi connectivity index (χ1) is 12.5. The monoisotopic (exact) mass is 419 g/mol. The molecule has 1 aromatic carbocycles. The molecule has 2 rings (SSSR count). The highest BCUT2D eigenvalue weighted by Crippen LogP contribution is 2.31. The van der Waals surface area contributed by atoms with E-state index in [1.807, 2.05) is 0 Å². The Bertz CT molecular complexity index is 824. The van der Waals surface area contributed by atoms with Gasteiger partial charge in [0.2, 0.25) is 5.88 Å². The topological polar surface area (TPSA) is 97.5 Å². The SMILES string of the molecule is CC(C)(O)CNC(=O)c1cccc(Oc2cc(CN)cc(C(F)(F)F)n2)c1.Cl. The molecule has 0 unspecified atom stereocenters. The molecule has 0 radical (unpaired) electrons. The van der Waals surface area contributed by atoms with Gasteiger partial charge in [0.05, 0.1) is 5.60 Å². The summed E-state index contributed by atoms with van der Waals surface area (Å²) in [5, 5.41) is 12.2. The highest BCUT2D eigenvalue weighted by molar-refractivity contribution is 5.94. The second-order valence-electron chi connectivity index (χ2n) is 6.53. The standard InChI is InChI=1S/C18H20F3N3O3.ClH/c1-17(2,26)10-23-16(25)12-4-3-5-13(8-12)27-15-7-11(9-22)6-14(24-15)18(19,20)21;/h3-8,26H,9-10,22H2,1-2H3,(H,23,25);1H. The number of aliphatic hydroxyl groups is 1. The molecule has 2 aromatic rings. The van der Waals surface area contributed by atoms with E-state index in [4.69, 9.17) is 10.5 Å². The molecule has 0 atom stereocenters. The van der Waals surface area contributed by atoms with Crippen LogP contribution in [0, 0.1) is 0 Å². The maximum Gasteiger partial charge on any atom is 0.433 e. The Morgan fingerprint density at radius 1 is 1.25 bits per heavy atom. The van der Waals surface area contributed by atoms with Crippen LogP contribution in [0.4, 0.5) is 13.2 Å². The van der Waals surface area contributed by atoms with Crippen LogP contribution in [0.2, 0.25) is 0 Å². The van der Waals surface area contributed by atoms with Crippen LogP contribution in [-0.2, 0) is 12.7 Å². The van der Waals surface area contributed by atoms with Crippen molar-refractivity contribution in [2.75, 3.05) is 6.54 Å². The zero-order chi connectivity index (χ0) is 20.2. The van der Waals surface area contributed by atoms with E-state index >= 15 is 0 Å². The molecule has 0 spiro atoms. The lowest BCUT2D eigenvalue weighted by atomic mass is 10.1. The lowest BCUT2D eigenvalue weighted by Gasteiger charge is -2.17. The fourth-order valence-corrected chi connectivity index (χ4v) is 2.09. The van der Waals surface area contributed by atoms with Crippen LogP contribution in [0.3, 0.4) is 0 Å². The molecular formula is C18H21ClF3N3O3. The summed E-state index contributed by atoms with van der Waals surface area (Å²) in [5.74, 6) is -0.595. The summed E-state index contributed by atoms with van der Waals surface area (Å²) < 4.78 is 44.2. The van der Waals surface area contributed by atoms with Crippen molar-refractivity contribution in [1.29, 1.82) is 0 Å². The smallest absolute Gasteiger partial charge is 0.433 e. The Hall–Kier alpha value is -2.36. The van der Waals surface area contributed by atoms with E-state index < -0.39 is 23.4 Å². The van der Waals surface area contributed by atoms with E-state index in [1.165, 1.54) is 30.3 Å². The highest BCUT2D eigenvalue weighted by Gasteiger charge is 2.33. The van der Waals surface area contributed by atoms with Crippen LogP contribution >= 0.6 is 12.4 Å². The minimum Gasteiger partial charge on any atom is -0.439 e. The zero-order valence-corrected chi connectivity index (χ0v) is 16.0. The van der Waals surface area contributed by atoms with E-state index in [0.717, 1.165) is 6.07 Å². The van der Waals surface area contributed by atoms with Crippen LogP contribution in [0.15, 0.2) is 36.4 Å². The number of hydrogen-bond donors (Lipinski definition) is 3. The predicted octanol–water partition coefficient (Wildman–Crippen LogP) is 3.27. The fraction of sp³-hybridized carbons (Fsp3) is 0.333. The highest BCUT2D eigenvalue weighted by atomic mass is 35.5. The first-order valence-corrected chi connectivity index (χ1v) is 8.05. The number of nitrogens with two attached hydrogens (primary N) is 1. The number of amides is 1. The molecule has 4 N–H and O–H groups in total. The zero-order valence-electron chi connectivity index (χ0n) is 15.2. The minimum absolute atomic E-state index is 0. The summed E-state index contributed by atoms with van der Waals surface area (Å²) in [6, 6.07) is 8.04. The van der Waals surface area contributed by atoms with Crippen molar-refractivity contribution < 1.29 is 27.8 Å². The van der Waals surface area contributed by atoms with Crippen LogP contribution < -0.4 is 15.8 Å². The van der Waals surface area contributed by atoms with Crippen molar-refractivity contribution in [3.05, 3.63) is 53.2 Å². The summed E-state index contributed by atoms with van der Waals surface area (Å²) in [4.78, 5) is 15.6. The average Bonchev–Trinajstić information content (AvgIpc) is 2.58. The normalized spacial score (nSPS) is 11.5. The summed E-state index contributed by atoms with van der Waals surface area (Å²) in [5.41, 5.74) is 3.68. The molecule has 0 saturated heterocycles. The summed E-state index contributed by atoms with van der Waals surface area (Å²) in [6.07, 6.45) is -4.64. The van der Waals surface area contributed by atoms with Crippen LogP contribution in [0.1, 0.15) is 35.5 Å². The van der Waals surface area contributed by atoms with Crippen molar-refractivity contribution in [3.8, 4) is 11.6 Å². The molecule has 1 heterocycles. The Labute approximate surface area is 166 Å². The average molecular weight is 420 g/mol. The van der Waals surface area contributed by atoms with Gasteiger partial charge in [-0.3, -0.25) is 4.79 Å². The van der Waals surface area contributed by atoms with Gasteiger partial charge in [0.1, 0.15) is 11.4 Å². The Balaban J connectivity index is 0.00000392. The van der Waals surface area contributed by atoms with Gasteiger partial charge < -0.3 is 20.9 Å². The number of hydrogen-bond acceptors (Lipinski definition) is 5. The third-order valence-corrected chi connectivity index (χ3v) is 3.39. The molecule has 28 heavy (non-hydrogen) atoms. The number of benzene rings is 1. The molecule has 0 aliphatic rings. The summed E-state index contributed by atoms with van der Waals surface area (Å²) in [6.45, 7) is 3.01. The molecule has 0 aliphatic heterocycles. The van der Waals surface area contributed by atoms with Gasteiger partial charge in [-0.15, -0.1) is 12.4 Å². The summed E-state index contributed by atoms with van der Waals surface area (Å²) >= 11 is 0. The van der Waals surface area contributed by atoms with Gasteiger partial charge in [0, 0.05) is 24.7 Å². The number of pyridine rings is 1. The van der Waals surface area contributed by atoms with E-state index in [0.29, 0.717) is 0 Å². The number of halogens is 4. The number of ether oxygens (including phenoxy) is 1. The fourth-order valence-electron chi connectivity index (χ4n) is 2.09. The number of alkyl halides is 3. The van der Waals surface area contributed by atoms with E-state index in [-0.39, 0.29) is 48.3 Å². The van der Waals surface area contributed by atoms with Gasteiger partial charge in [-0.1, -0.05) is 6.07 Å². The molecule has 1 aromatic heterocycles. The second kappa shape index (κ2) is 9.22. The van der Waals surface area contributed by atoms with E-state index in [2.05, 4.69) is 10.3 Å². The van der Waals surface area contributed by atoms with Crippen molar-refractivity contribution in [3.63, 3.8) is 0 Å². The van der Waals surface area contributed by atoms with Crippen molar-refractivity contribution in [2.24, 2.45) is 5.73 Å². The first kappa shape index (κ1) is 23.7. The third kappa shape index (κ3) is 6.99.